The number of hydrogen-bond acceptors (Lipinski definition) is 4. The normalized spacial score (nSPS) is 12.9. The second-order valence-electron chi connectivity index (χ2n) is 13.4. The molecular weight excluding hydrogens is 556 g/mol. The van der Waals surface area contributed by atoms with Crippen molar-refractivity contribution in [3.63, 3.8) is 0 Å². The Morgan fingerprint density at radius 1 is 0.489 bits per heavy atom. The van der Waals surface area contributed by atoms with Crippen molar-refractivity contribution in [2.45, 2.75) is 206 Å². The SMILES string of the molecule is CCCCCCCC/C=C\CCCCCCCC(=O)C(C)C(OC)(OC)C(=O)CCCCCCC/C=C\CCCCCCCC. The Hall–Kier alpha value is -1.26. The van der Waals surface area contributed by atoms with Crippen LogP contribution >= 0.6 is 0 Å². The van der Waals surface area contributed by atoms with Gasteiger partial charge in [-0.1, -0.05) is 141 Å². The Morgan fingerprint density at radius 3 is 1.16 bits per heavy atom. The van der Waals surface area contributed by atoms with Crippen LogP contribution in [-0.2, 0) is 19.1 Å². The average molecular weight is 633 g/mol. The first-order valence-electron chi connectivity index (χ1n) is 19.5. The molecule has 0 fully saturated rings. The van der Waals surface area contributed by atoms with Crippen LogP contribution in [0.25, 0.3) is 0 Å². The summed E-state index contributed by atoms with van der Waals surface area (Å²) in [5.41, 5.74) is 0. The van der Waals surface area contributed by atoms with Gasteiger partial charge in [-0.2, -0.15) is 0 Å². The van der Waals surface area contributed by atoms with E-state index in [4.69, 9.17) is 9.47 Å². The molecule has 1 unspecified atom stereocenters. The number of carbonyl (C=O) groups is 2. The van der Waals surface area contributed by atoms with Crippen molar-refractivity contribution in [2.24, 2.45) is 5.92 Å². The van der Waals surface area contributed by atoms with Gasteiger partial charge >= 0.3 is 0 Å². The maximum atomic E-state index is 13.2. The number of ether oxygens (including phenoxy) is 2. The summed E-state index contributed by atoms with van der Waals surface area (Å²) in [4.78, 5) is 26.2. The summed E-state index contributed by atoms with van der Waals surface area (Å²) in [5.74, 6) is -2.09. The van der Waals surface area contributed by atoms with Crippen LogP contribution in [0.15, 0.2) is 24.3 Å². The van der Waals surface area contributed by atoms with E-state index in [2.05, 4.69) is 38.2 Å². The van der Waals surface area contributed by atoms with Crippen molar-refractivity contribution < 1.29 is 19.1 Å². The molecule has 0 aromatic carbocycles. The van der Waals surface area contributed by atoms with Crippen LogP contribution in [0.1, 0.15) is 201 Å². The van der Waals surface area contributed by atoms with Gasteiger partial charge in [-0.15, -0.1) is 0 Å². The van der Waals surface area contributed by atoms with Crippen LogP contribution in [-0.4, -0.2) is 31.6 Å². The fourth-order valence-electron chi connectivity index (χ4n) is 6.23. The molecule has 0 aliphatic rings. The van der Waals surface area contributed by atoms with Gasteiger partial charge in [0.15, 0.2) is 5.78 Å². The predicted molar refractivity (Wildman–Crippen MR) is 195 cm³/mol. The minimum Gasteiger partial charge on any atom is -0.346 e. The lowest BCUT2D eigenvalue weighted by Crippen LogP contribution is -2.51. The number of hydrogen-bond donors (Lipinski definition) is 0. The molecule has 0 aliphatic carbocycles. The standard InChI is InChI=1S/C41H76O4/c1-6-8-10-12-14-16-18-20-22-24-26-28-30-32-34-36-39(42)38(3)41(44-4,45-5)40(43)37-35-33-31-29-27-25-23-21-19-17-15-13-11-9-7-2/h20-23,38H,6-19,24-37H2,1-5H3/b22-20-,23-21-. The van der Waals surface area contributed by atoms with Gasteiger partial charge in [-0.3, -0.25) is 9.59 Å². The number of ketones is 2. The zero-order chi connectivity index (χ0) is 33.3. The van der Waals surface area contributed by atoms with Gasteiger partial charge in [-0.05, 0) is 71.1 Å². The Labute approximate surface area is 281 Å². The third-order valence-corrected chi connectivity index (χ3v) is 9.40. The molecule has 0 saturated carbocycles. The smallest absolute Gasteiger partial charge is 0.238 e. The Morgan fingerprint density at radius 2 is 0.800 bits per heavy atom. The molecule has 0 aromatic heterocycles. The summed E-state index contributed by atoms with van der Waals surface area (Å²) in [6.45, 7) is 6.33. The van der Waals surface area contributed by atoms with E-state index in [-0.39, 0.29) is 11.6 Å². The number of unbranched alkanes of at least 4 members (excludes halogenated alkanes) is 22. The maximum absolute atomic E-state index is 13.2. The van der Waals surface area contributed by atoms with Gasteiger partial charge in [0.2, 0.25) is 5.79 Å². The average Bonchev–Trinajstić information content (AvgIpc) is 3.05. The maximum Gasteiger partial charge on any atom is 0.238 e. The van der Waals surface area contributed by atoms with Crippen LogP contribution in [0.4, 0.5) is 0 Å². The fourth-order valence-corrected chi connectivity index (χ4v) is 6.23. The lowest BCUT2D eigenvalue weighted by Gasteiger charge is -2.34. The Kier molecular flexibility index (Phi) is 31.8. The minimum absolute atomic E-state index is 0.0641. The van der Waals surface area contributed by atoms with E-state index >= 15 is 0 Å². The largest absolute Gasteiger partial charge is 0.346 e. The summed E-state index contributed by atoms with van der Waals surface area (Å²) in [7, 11) is 2.99. The number of methoxy groups -OCH3 is 2. The Balaban J connectivity index is 4.02. The number of rotatable bonds is 35. The molecule has 0 radical (unpaired) electrons. The van der Waals surface area contributed by atoms with Crippen LogP contribution < -0.4 is 0 Å². The van der Waals surface area contributed by atoms with Crippen LogP contribution in [0.2, 0.25) is 0 Å². The molecule has 0 saturated heterocycles. The topological polar surface area (TPSA) is 52.6 Å². The molecule has 264 valence electrons. The van der Waals surface area contributed by atoms with Crippen molar-refractivity contribution in [1.82, 2.24) is 0 Å². The van der Waals surface area contributed by atoms with Crippen molar-refractivity contribution in [3.8, 4) is 0 Å². The van der Waals surface area contributed by atoms with E-state index in [1.807, 2.05) is 0 Å². The van der Waals surface area contributed by atoms with Crippen molar-refractivity contribution in [2.75, 3.05) is 14.2 Å². The second kappa shape index (κ2) is 32.7. The third-order valence-electron chi connectivity index (χ3n) is 9.40. The molecule has 1 atom stereocenters. The quantitative estimate of drug-likeness (QED) is 0.0396. The summed E-state index contributed by atoms with van der Waals surface area (Å²) < 4.78 is 11.3. The highest BCUT2D eigenvalue weighted by Crippen LogP contribution is 2.29. The third kappa shape index (κ3) is 23.7. The zero-order valence-corrected chi connectivity index (χ0v) is 30.8. The van der Waals surface area contributed by atoms with Crippen LogP contribution in [0.3, 0.4) is 0 Å². The molecule has 45 heavy (non-hydrogen) atoms. The number of carbonyl (C=O) groups excluding carboxylic acids is 2. The van der Waals surface area contributed by atoms with Gasteiger partial charge < -0.3 is 9.47 Å². The van der Waals surface area contributed by atoms with E-state index in [1.54, 1.807) is 6.92 Å². The summed E-state index contributed by atoms with van der Waals surface area (Å²) >= 11 is 0. The van der Waals surface area contributed by atoms with Crippen LogP contribution in [0, 0.1) is 5.92 Å². The highest BCUT2D eigenvalue weighted by atomic mass is 16.7. The molecule has 0 spiro atoms. The molecule has 0 aliphatic heterocycles. The molecule has 0 N–H and O–H groups in total. The van der Waals surface area contributed by atoms with Crippen molar-refractivity contribution in [1.29, 1.82) is 0 Å². The predicted octanol–water partition coefficient (Wildman–Crippen LogP) is 12.8. The molecule has 4 heteroatoms. The monoisotopic (exact) mass is 633 g/mol. The van der Waals surface area contributed by atoms with Crippen LogP contribution in [0.5, 0.6) is 0 Å². The molecule has 0 heterocycles. The first-order valence-corrected chi connectivity index (χ1v) is 19.5. The molecular formula is C41H76O4. The number of Topliss-reactive ketones (excluding diaryl/α,β-unsaturated/α-hetero) is 2. The highest BCUT2D eigenvalue weighted by Gasteiger charge is 2.46. The molecule has 0 bridgehead atoms. The molecule has 0 aromatic rings. The van der Waals surface area contributed by atoms with Gasteiger partial charge in [-0.25, -0.2) is 0 Å². The second-order valence-corrected chi connectivity index (χ2v) is 13.4. The lowest BCUT2D eigenvalue weighted by molar-refractivity contribution is -0.226. The first kappa shape index (κ1) is 43.7. The molecule has 4 nitrogen and oxygen atoms in total. The highest BCUT2D eigenvalue weighted by molar-refractivity contribution is 5.93. The van der Waals surface area contributed by atoms with Crippen molar-refractivity contribution in [3.05, 3.63) is 24.3 Å². The molecule has 0 rings (SSSR count). The summed E-state index contributed by atoms with van der Waals surface area (Å²) in [6, 6.07) is 0. The van der Waals surface area contributed by atoms with Gasteiger partial charge in [0, 0.05) is 27.1 Å². The first-order chi connectivity index (χ1) is 22.0. The van der Waals surface area contributed by atoms with E-state index in [1.165, 1.54) is 130 Å². The fraction of sp³-hybridized carbons (Fsp3) is 0.854. The summed E-state index contributed by atoms with van der Waals surface area (Å²) in [5, 5.41) is 0. The van der Waals surface area contributed by atoms with Crippen molar-refractivity contribution >= 4 is 11.6 Å². The van der Waals surface area contributed by atoms with Gasteiger partial charge in [0.1, 0.15) is 5.78 Å². The summed E-state index contributed by atoms with van der Waals surface area (Å²) in [6.07, 6.45) is 42.2. The van der Waals surface area contributed by atoms with E-state index < -0.39 is 11.7 Å². The minimum atomic E-state index is -1.46. The van der Waals surface area contributed by atoms with E-state index in [0.29, 0.717) is 12.8 Å². The lowest BCUT2D eigenvalue weighted by atomic mass is 9.87. The van der Waals surface area contributed by atoms with E-state index in [0.717, 1.165) is 51.4 Å². The van der Waals surface area contributed by atoms with Gasteiger partial charge in [0.25, 0.3) is 0 Å². The zero-order valence-electron chi connectivity index (χ0n) is 30.8. The molecule has 0 amide bonds. The van der Waals surface area contributed by atoms with E-state index in [9.17, 15) is 9.59 Å². The van der Waals surface area contributed by atoms with Gasteiger partial charge in [0.05, 0.1) is 5.92 Å². The Bertz CT molecular complexity index is 721. The number of allylic oxidation sites excluding steroid dienone is 4.